The van der Waals surface area contributed by atoms with Crippen molar-refractivity contribution in [3.63, 3.8) is 0 Å². The zero-order valence-corrected chi connectivity index (χ0v) is 25.6. The van der Waals surface area contributed by atoms with Crippen molar-refractivity contribution in [2.75, 3.05) is 29.6 Å². The van der Waals surface area contributed by atoms with Gasteiger partial charge in [-0.3, -0.25) is 0 Å². The number of fused-ring (bicyclic) bond motifs is 1. The van der Waals surface area contributed by atoms with Gasteiger partial charge in [-0.05, 0) is 58.9 Å². The highest BCUT2D eigenvalue weighted by molar-refractivity contribution is 7.91. The first-order valence-electron chi connectivity index (χ1n) is 12.6. The predicted octanol–water partition coefficient (Wildman–Crippen LogP) is 5.54. The molecule has 3 aromatic rings. The SMILES string of the molecule is CCOC(=O)c1[nH]c2cc(C(=O)OC(C)(C)CCl)cc(C(=O)OC(C)(C)CCl)c2c1NCS(=O)(=O)c1ccccc1. The van der Waals surface area contributed by atoms with E-state index in [1.54, 1.807) is 52.8 Å². The number of rotatable bonds is 12. The predicted molar refractivity (Wildman–Crippen MR) is 157 cm³/mol. The van der Waals surface area contributed by atoms with Crippen molar-refractivity contribution in [2.45, 2.75) is 50.7 Å². The topological polar surface area (TPSA) is 141 Å². The highest BCUT2D eigenvalue weighted by Crippen LogP contribution is 2.35. The van der Waals surface area contributed by atoms with Gasteiger partial charge in [0.25, 0.3) is 0 Å². The Labute approximate surface area is 248 Å². The first-order chi connectivity index (χ1) is 19.1. The number of hydrogen-bond acceptors (Lipinski definition) is 9. The van der Waals surface area contributed by atoms with Gasteiger partial charge in [0, 0.05) is 10.9 Å². The standard InChI is InChI=1S/C28H32Cl2N2O8S/c1-6-38-26(35)23-22(31-16-41(36,37)18-10-8-7-9-11-18)21-19(25(34)40-28(4,5)15-30)12-17(13-20(21)32-23)24(33)39-27(2,3)14-29/h7-13,31-32H,6,14-16H2,1-5H3. The van der Waals surface area contributed by atoms with Gasteiger partial charge in [-0.15, -0.1) is 23.2 Å². The van der Waals surface area contributed by atoms with Crippen molar-refractivity contribution in [1.29, 1.82) is 0 Å². The summed E-state index contributed by atoms with van der Waals surface area (Å²) in [5.41, 5.74) is -2.29. The number of esters is 3. The summed E-state index contributed by atoms with van der Waals surface area (Å²) in [6.45, 7) is 8.08. The fraction of sp³-hybridized carbons (Fsp3) is 0.393. The Kier molecular flexibility index (Phi) is 9.99. The summed E-state index contributed by atoms with van der Waals surface area (Å²) < 4.78 is 42.4. The summed E-state index contributed by atoms with van der Waals surface area (Å²) in [7, 11) is -3.87. The number of carbonyl (C=O) groups is 3. The molecule has 0 fully saturated rings. The summed E-state index contributed by atoms with van der Waals surface area (Å²) in [5.74, 6) is -3.09. The maximum Gasteiger partial charge on any atom is 0.356 e. The van der Waals surface area contributed by atoms with Gasteiger partial charge in [0.15, 0.2) is 9.84 Å². The second-order valence-corrected chi connectivity index (χ2v) is 12.9. The van der Waals surface area contributed by atoms with Crippen LogP contribution in [-0.2, 0) is 24.0 Å². The molecule has 2 aromatic carbocycles. The van der Waals surface area contributed by atoms with Crippen molar-refractivity contribution in [3.05, 3.63) is 59.3 Å². The minimum Gasteiger partial charge on any atom is -0.461 e. The van der Waals surface area contributed by atoms with Gasteiger partial charge in [0.05, 0.1) is 40.1 Å². The molecule has 2 N–H and O–H groups in total. The molecule has 3 rings (SSSR count). The van der Waals surface area contributed by atoms with Gasteiger partial charge >= 0.3 is 17.9 Å². The number of carbonyl (C=O) groups excluding carboxylic acids is 3. The second kappa shape index (κ2) is 12.7. The zero-order valence-electron chi connectivity index (χ0n) is 23.3. The number of alkyl halides is 2. The zero-order chi connectivity index (χ0) is 30.6. The molecule has 0 amide bonds. The lowest BCUT2D eigenvalue weighted by molar-refractivity contribution is 0.00819. The summed E-state index contributed by atoms with van der Waals surface area (Å²) >= 11 is 11.9. The van der Waals surface area contributed by atoms with E-state index in [0.29, 0.717) is 0 Å². The van der Waals surface area contributed by atoms with Crippen LogP contribution in [0.4, 0.5) is 5.69 Å². The van der Waals surface area contributed by atoms with E-state index in [1.807, 2.05) is 0 Å². The van der Waals surface area contributed by atoms with E-state index in [2.05, 4.69) is 10.3 Å². The van der Waals surface area contributed by atoms with E-state index < -0.39 is 44.8 Å². The van der Waals surface area contributed by atoms with Crippen LogP contribution in [0, 0.1) is 0 Å². The van der Waals surface area contributed by atoms with E-state index in [-0.39, 0.29) is 56.7 Å². The summed E-state index contributed by atoms with van der Waals surface area (Å²) in [4.78, 5) is 42.4. The number of hydrogen-bond donors (Lipinski definition) is 2. The molecule has 0 aliphatic rings. The van der Waals surface area contributed by atoms with E-state index in [0.717, 1.165) is 0 Å². The van der Waals surface area contributed by atoms with Crippen LogP contribution in [0.3, 0.4) is 0 Å². The Morgan fingerprint density at radius 1 is 0.902 bits per heavy atom. The van der Waals surface area contributed by atoms with Crippen LogP contribution in [0.15, 0.2) is 47.4 Å². The van der Waals surface area contributed by atoms with Crippen molar-refractivity contribution in [3.8, 4) is 0 Å². The van der Waals surface area contributed by atoms with Crippen LogP contribution in [0.5, 0.6) is 0 Å². The molecule has 0 radical (unpaired) electrons. The molecule has 0 saturated heterocycles. The average Bonchev–Trinajstić information content (AvgIpc) is 3.30. The molecule has 0 unspecified atom stereocenters. The molecule has 1 aromatic heterocycles. The van der Waals surface area contributed by atoms with Crippen LogP contribution >= 0.6 is 23.2 Å². The first kappa shape index (κ1) is 32.2. The number of halogens is 2. The molecule has 222 valence electrons. The van der Waals surface area contributed by atoms with Crippen molar-refractivity contribution in [1.82, 2.24) is 4.98 Å². The van der Waals surface area contributed by atoms with Gasteiger partial charge in [-0.1, -0.05) is 18.2 Å². The van der Waals surface area contributed by atoms with Crippen molar-refractivity contribution in [2.24, 2.45) is 0 Å². The van der Waals surface area contributed by atoms with Crippen LogP contribution in [0.1, 0.15) is 65.8 Å². The van der Waals surface area contributed by atoms with Gasteiger partial charge in [-0.2, -0.15) is 0 Å². The summed E-state index contributed by atoms with van der Waals surface area (Å²) in [6.07, 6.45) is 0. The Balaban J connectivity index is 2.24. The van der Waals surface area contributed by atoms with E-state index in [4.69, 9.17) is 37.4 Å². The lowest BCUT2D eigenvalue weighted by Crippen LogP contribution is -2.31. The minimum atomic E-state index is -3.87. The van der Waals surface area contributed by atoms with E-state index >= 15 is 0 Å². The molecule has 10 nitrogen and oxygen atoms in total. The van der Waals surface area contributed by atoms with Crippen LogP contribution in [0.25, 0.3) is 10.9 Å². The third kappa shape index (κ3) is 7.72. The summed E-state index contributed by atoms with van der Waals surface area (Å²) in [5, 5.41) is 2.91. The number of aromatic amines is 1. The average molecular weight is 628 g/mol. The molecule has 0 bridgehead atoms. The molecule has 0 saturated carbocycles. The normalized spacial score (nSPS) is 12.2. The second-order valence-electron chi connectivity index (χ2n) is 10.4. The smallest absolute Gasteiger partial charge is 0.356 e. The van der Waals surface area contributed by atoms with Crippen molar-refractivity contribution >= 4 is 67.5 Å². The number of nitrogens with one attached hydrogen (secondary N) is 2. The number of aromatic nitrogens is 1. The first-order valence-corrected chi connectivity index (χ1v) is 15.3. The van der Waals surface area contributed by atoms with E-state index in [1.165, 1.54) is 24.3 Å². The Morgan fingerprint density at radius 3 is 2.05 bits per heavy atom. The van der Waals surface area contributed by atoms with Crippen LogP contribution in [0.2, 0.25) is 0 Å². The van der Waals surface area contributed by atoms with Crippen LogP contribution < -0.4 is 5.32 Å². The molecule has 13 heteroatoms. The van der Waals surface area contributed by atoms with Gasteiger partial charge in [0.1, 0.15) is 22.8 Å². The molecular formula is C28H32Cl2N2O8S. The molecule has 0 spiro atoms. The molecule has 41 heavy (non-hydrogen) atoms. The van der Waals surface area contributed by atoms with Gasteiger partial charge in [-0.25, -0.2) is 22.8 Å². The van der Waals surface area contributed by atoms with Crippen molar-refractivity contribution < 1.29 is 37.0 Å². The highest BCUT2D eigenvalue weighted by atomic mass is 35.5. The Morgan fingerprint density at radius 2 is 1.49 bits per heavy atom. The number of ether oxygens (including phenoxy) is 3. The fourth-order valence-corrected chi connectivity index (χ4v) is 4.87. The number of benzene rings is 2. The third-order valence-electron chi connectivity index (χ3n) is 5.76. The molecular weight excluding hydrogens is 595 g/mol. The third-order valence-corrected chi connectivity index (χ3v) is 8.56. The maximum atomic E-state index is 13.5. The number of H-pyrrole nitrogens is 1. The van der Waals surface area contributed by atoms with Crippen LogP contribution in [-0.4, -0.2) is 66.8 Å². The molecule has 0 aliphatic heterocycles. The molecule has 0 atom stereocenters. The highest BCUT2D eigenvalue weighted by Gasteiger charge is 2.31. The fourth-order valence-electron chi connectivity index (χ4n) is 3.69. The maximum absolute atomic E-state index is 13.5. The summed E-state index contributed by atoms with van der Waals surface area (Å²) in [6, 6.07) is 10.4. The number of sulfone groups is 1. The number of anilines is 1. The monoisotopic (exact) mass is 626 g/mol. The minimum absolute atomic E-state index is 0.0132. The largest absolute Gasteiger partial charge is 0.461 e. The Bertz CT molecular complexity index is 1550. The van der Waals surface area contributed by atoms with E-state index in [9.17, 15) is 22.8 Å². The molecule has 0 aliphatic carbocycles. The van der Waals surface area contributed by atoms with Gasteiger partial charge in [0.2, 0.25) is 0 Å². The lowest BCUT2D eigenvalue weighted by Gasteiger charge is -2.23. The Hall–Kier alpha value is -3.28. The quantitative estimate of drug-likeness (QED) is 0.151. The van der Waals surface area contributed by atoms with Gasteiger partial charge < -0.3 is 24.5 Å². The lowest BCUT2D eigenvalue weighted by atomic mass is 10.0. The molecule has 1 heterocycles.